The molecule has 102 valence electrons. The first-order valence-corrected chi connectivity index (χ1v) is 5.61. The van der Waals surface area contributed by atoms with Gasteiger partial charge in [-0.25, -0.2) is 0 Å². The molecule has 2 amide bonds. The zero-order valence-electron chi connectivity index (χ0n) is 10.3. The van der Waals surface area contributed by atoms with Gasteiger partial charge in [-0.3, -0.25) is 30.6 Å². The molecule has 0 radical (unpaired) electrons. The summed E-state index contributed by atoms with van der Waals surface area (Å²) in [5, 5.41) is 11.1. The van der Waals surface area contributed by atoms with Crippen LogP contribution in [0.15, 0.2) is 30.3 Å². The van der Waals surface area contributed by atoms with Crippen LogP contribution < -0.4 is 16.2 Å². The SMILES string of the molecule is C[C@@H](NCC(=O)NNC(=O)c1ccccc1)C(=O)O. The molecule has 0 unspecified atom stereocenters. The van der Waals surface area contributed by atoms with E-state index in [0.29, 0.717) is 5.56 Å². The Kier molecular flexibility index (Phi) is 5.49. The molecule has 0 aliphatic rings. The molecular formula is C12H15N3O4. The summed E-state index contributed by atoms with van der Waals surface area (Å²) in [5.74, 6) is -2.03. The molecule has 0 aromatic heterocycles. The molecule has 1 atom stereocenters. The van der Waals surface area contributed by atoms with E-state index in [4.69, 9.17) is 5.11 Å². The number of hydrogen-bond donors (Lipinski definition) is 4. The fourth-order valence-electron chi connectivity index (χ4n) is 1.17. The van der Waals surface area contributed by atoms with Crippen molar-refractivity contribution in [2.75, 3.05) is 6.54 Å². The van der Waals surface area contributed by atoms with Gasteiger partial charge in [0.15, 0.2) is 0 Å². The Morgan fingerprint density at radius 3 is 2.37 bits per heavy atom. The largest absolute Gasteiger partial charge is 0.480 e. The highest BCUT2D eigenvalue weighted by atomic mass is 16.4. The number of carbonyl (C=O) groups is 3. The van der Waals surface area contributed by atoms with Gasteiger partial charge >= 0.3 is 5.97 Å². The second-order valence-corrected chi connectivity index (χ2v) is 3.81. The molecule has 1 rings (SSSR count). The van der Waals surface area contributed by atoms with Crippen molar-refractivity contribution in [1.82, 2.24) is 16.2 Å². The summed E-state index contributed by atoms with van der Waals surface area (Å²) in [4.78, 5) is 33.4. The lowest BCUT2D eigenvalue weighted by atomic mass is 10.2. The number of hydrogen-bond acceptors (Lipinski definition) is 4. The number of carboxylic acids is 1. The van der Waals surface area contributed by atoms with E-state index in [0.717, 1.165) is 0 Å². The van der Waals surface area contributed by atoms with Gasteiger partial charge in [0.2, 0.25) is 0 Å². The number of nitrogens with one attached hydrogen (secondary N) is 3. The minimum absolute atomic E-state index is 0.206. The zero-order valence-corrected chi connectivity index (χ0v) is 10.3. The van der Waals surface area contributed by atoms with Crippen molar-refractivity contribution in [2.45, 2.75) is 13.0 Å². The predicted octanol–water partition coefficient (Wildman–Crippen LogP) is -0.490. The average molecular weight is 265 g/mol. The number of carboxylic acid groups (broad SMARTS) is 1. The Balaban J connectivity index is 2.31. The van der Waals surface area contributed by atoms with E-state index in [1.807, 2.05) is 0 Å². The van der Waals surface area contributed by atoms with Gasteiger partial charge < -0.3 is 5.11 Å². The van der Waals surface area contributed by atoms with E-state index in [1.165, 1.54) is 6.92 Å². The number of benzene rings is 1. The highest BCUT2D eigenvalue weighted by Crippen LogP contribution is 1.96. The van der Waals surface area contributed by atoms with Gasteiger partial charge in [0, 0.05) is 5.56 Å². The van der Waals surface area contributed by atoms with Crippen molar-refractivity contribution < 1.29 is 19.5 Å². The van der Waals surface area contributed by atoms with E-state index in [1.54, 1.807) is 30.3 Å². The third-order valence-electron chi connectivity index (χ3n) is 2.29. The summed E-state index contributed by atoms with van der Waals surface area (Å²) < 4.78 is 0. The molecule has 1 aromatic rings. The van der Waals surface area contributed by atoms with Crippen LogP contribution in [-0.4, -0.2) is 35.5 Å². The molecule has 0 aliphatic heterocycles. The summed E-state index contributed by atoms with van der Waals surface area (Å²) in [6.07, 6.45) is 0. The first-order chi connectivity index (χ1) is 9.00. The molecule has 0 saturated heterocycles. The zero-order chi connectivity index (χ0) is 14.3. The van der Waals surface area contributed by atoms with Crippen LogP contribution in [0.5, 0.6) is 0 Å². The molecular weight excluding hydrogens is 250 g/mol. The summed E-state index contributed by atoms with van der Waals surface area (Å²) in [6, 6.07) is 7.54. The van der Waals surface area contributed by atoms with E-state index in [2.05, 4.69) is 16.2 Å². The first kappa shape index (κ1) is 14.7. The standard InChI is InChI=1S/C12H15N3O4/c1-8(12(18)19)13-7-10(16)14-15-11(17)9-5-3-2-4-6-9/h2-6,8,13H,7H2,1H3,(H,14,16)(H,15,17)(H,18,19)/t8-/m1/s1. The Hall–Kier alpha value is -2.41. The van der Waals surface area contributed by atoms with Crippen LogP contribution >= 0.6 is 0 Å². The molecule has 0 heterocycles. The van der Waals surface area contributed by atoms with Crippen LogP contribution in [0.1, 0.15) is 17.3 Å². The maximum Gasteiger partial charge on any atom is 0.320 e. The fourth-order valence-corrected chi connectivity index (χ4v) is 1.17. The quantitative estimate of drug-likeness (QED) is 0.537. The van der Waals surface area contributed by atoms with Crippen molar-refractivity contribution in [3.05, 3.63) is 35.9 Å². The summed E-state index contributed by atoms with van der Waals surface area (Å²) >= 11 is 0. The number of amides is 2. The molecule has 1 aromatic carbocycles. The van der Waals surface area contributed by atoms with Gasteiger partial charge in [-0.15, -0.1) is 0 Å². The van der Waals surface area contributed by atoms with Crippen LogP contribution in [0.4, 0.5) is 0 Å². The minimum atomic E-state index is -1.05. The lowest BCUT2D eigenvalue weighted by molar-refractivity contribution is -0.139. The second kappa shape index (κ2) is 7.12. The van der Waals surface area contributed by atoms with Gasteiger partial charge in [0.05, 0.1) is 6.54 Å². The van der Waals surface area contributed by atoms with Crippen molar-refractivity contribution in [1.29, 1.82) is 0 Å². The lowest BCUT2D eigenvalue weighted by Crippen LogP contribution is -2.47. The van der Waals surface area contributed by atoms with Crippen LogP contribution in [0.2, 0.25) is 0 Å². The summed E-state index contributed by atoms with van der Waals surface area (Å²) in [5.41, 5.74) is 4.82. The van der Waals surface area contributed by atoms with Crippen LogP contribution in [0.3, 0.4) is 0 Å². The highest BCUT2D eigenvalue weighted by molar-refractivity contribution is 5.95. The molecule has 7 heteroatoms. The monoisotopic (exact) mass is 265 g/mol. The van der Waals surface area contributed by atoms with E-state index in [-0.39, 0.29) is 6.54 Å². The van der Waals surface area contributed by atoms with E-state index in [9.17, 15) is 14.4 Å². The van der Waals surface area contributed by atoms with Gasteiger partial charge in [0.1, 0.15) is 6.04 Å². The number of aliphatic carboxylic acids is 1. The maximum absolute atomic E-state index is 11.6. The van der Waals surface area contributed by atoms with Gasteiger partial charge in [-0.05, 0) is 19.1 Å². The summed E-state index contributed by atoms with van der Waals surface area (Å²) in [6.45, 7) is 1.21. The number of hydrazine groups is 1. The van der Waals surface area contributed by atoms with Crippen molar-refractivity contribution >= 4 is 17.8 Å². The maximum atomic E-state index is 11.6. The number of carbonyl (C=O) groups excluding carboxylic acids is 2. The lowest BCUT2D eigenvalue weighted by Gasteiger charge is -2.10. The highest BCUT2D eigenvalue weighted by Gasteiger charge is 2.12. The molecule has 4 N–H and O–H groups in total. The Labute approximate surface area is 110 Å². The van der Waals surface area contributed by atoms with Gasteiger partial charge in [-0.1, -0.05) is 18.2 Å². The molecule has 0 fully saturated rings. The molecule has 0 spiro atoms. The van der Waals surface area contributed by atoms with Gasteiger partial charge in [0.25, 0.3) is 11.8 Å². The predicted molar refractivity (Wildman–Crippen MR) is 67.2 cm³/mol. The second-order valence-electron chi connectivity index (χ2n) is 3.81. The van der Waals surface area contributed by atoms with Gasteiger partial charge in [-0.2, -0.15) is 0 Å². The van der Waals surface area contributed by atoms with E-state index >= 15 is 0 Å². The molecule has 0 saturated carbocycles. The van der Waals surface area contributed by atoms with Crippen molar-refractivity contribution in [2.24, 2.45) is 0 Å². The van der Waals surface area contributed by atoms with Crippen molar-refractivity contribution in [3.8, 4) is 0 Å². The Bertz CT molecular complexity index is 461. The van der Waals surface area contributed by atoms with Crippen LogP contribution in [0, 0.1) is 0 Å². The molecule has 0 bridgehead atoms. The fraction of sp³-hybridized carbons (Fsp3) is 0.250. The van der Waals surface area contributed by atoms with Crippen LogP contribution in [-0.2, 0) is 9.59 Å². The van der Waals surface area contributed by atoms with Crippen LogP contribution in [0.25, 0.3) is 0 Å². The van der Waals surface area contributed by atoms with E-state index < -0.39 is 23.8 Å². The average Bonchev–Trinajstić information content (AvgIpc) is 2.42. The Morgan fingerprint density at radius 2 is 1.79 bits per heavy atom. The number of rotatable bonds is 5. The third kappa shape index (κ3) is 5.17. The molecule has 0 aliphatic carbocycles. The third-order valence-corrected chi connectivity index (χ3v) is 2.29. The minimum Gasteiger partial charge on any atom is -0.480 e. The smallest absolute Gasteiger partial charge is 0.320 e. The van der Waals surface area contributed by atoms with Crippen molar-refractivity contribution in [3.63, 3.8) is 0 Å². The molecule has 19 heavy (non-hydrogen) atoms. The normalized spacial score (nSPS) is 11.4. The first-order valence-electron chi connectivity index (χ1n) is 5.61. The topological polar surface area (TPSA) is 108 Å². The summed E-state index contributed by atoms with van der Waals surface area (Å²) in [7, 11) is 0. The Morgan fingerprint density at radius 1 is 1.16 bits per heavy atom. The molecule has 7 nitrogen and oxygen atoms in total.